The van der Waals surface area contributed by atoms with Crippen LogP contribution in [-0.4, -0.2) is 46.2 Å². The number of anilines is 1. The summed E-state index contributed by atoms with van der Waals surface area (Å²) in [6.07, 6.45) is 3.78. The number of nitrogens with one attached hydrogen (secondary N) is 3. The van der Waals surface area contributed by atoms with Gasteiger partial charge in [-0.3, -0.25) is 9.59 Å². The molecule has 0 unspecified atom stereocenters. The summed E-state index contributed by atoms with van der Waals surface area (Å²) in [5.74, 6) is 0.822. The first-order valence-electron chi connectivity index (χ1n) is 8.53. The Bertz CT molecular complexity index is 863. The molecule has 0 radical (unpaired) electrons. The molecule has 0 aliphatic carbocycles. The normalized spacial score (nSPS) is 10.2. The van der Waals surface area contributed by atoms with Crippen LogP contribution in [0.2, 0.25) is 0 Å². The summed E-state index contributed by atoms with van der Waals surface area (Å²) >= 11 is 0. The Kier molecular flexibility index (Phi) is 6.13. The largest absolute Gasteiger partial charge is 0.367 e. The first-order chi connectivity index (χ1) is 13.2. The smallest absolute Gasteiger partial charge is 0.251 e. The third-order valence-electron chi connectivity index (χ3n) is 3.72. The van der Waals surface area contributed by atoms with Crippen LogP contribution in [0.15, 0.2) is 67.0 Å². The van der Waals surface area contributed by atoms with Crippen LogP contribution in [0.3, 0.4) is 0 Å². The Morgan fingerprint density at radius 2 is 1.63 bits per heavy atom. The SMILES string of the molecule is O=C(CNC(=O)c1ccccc1)NCCNc1ccc(-n2cccc2)nn1. The lowest BCUT2D eigenvalue weighted by Gasteiger charge is -2.08. The van der Waals surface area contributed by atoms with Crippen molar-refractivity contribution in [3.8, 4) is 5.82 Å². The van der Waals surface area contributed by atoms with E-state index in [0.29, 0.717) is 24.5 Å². The maximum atomic E-state index is 11.9. The van der Waals surface area contributed by atoms with Gasteiger partial charge in [0.2, 0.25) is 5.91 Å². The van der Waals surface area contributed by atoms with E-state index in [0.717, 1.165) is 5.82 Å². The molecule has 3 N–H and O–H groups in total. The summed E-state index contributed by atoms with van der Waals surface area (Å²) in [4.78, 5) is 23.6. The predicted molar refractivity (Wildman–Crippen MR) is 102 cm³/mol. The van der Waals surface area contributed by atoms with Gasteiger partial charge in [-0.25, -0.2) is 0 Å². The summed E-state index contributed by atoms with van der Waals surface area (Å²) in [5.41, 5.74) is 0.522. The van der Waals surface area contributed by atoms with Crippen molar-refractivity contribution >= 4 is 17.6 Å². The minimum absolute atomic E-state index is 0.0703. The van der Waals surface area contributed by atoms with Gasteiger partial charge in [0.1, 0.15) is 5.82 Å². The molecular formula is C19H20N6O2. The first-order valence-corrected chi connectivity index (χ1v) is 8.53. The number of rotatable bonds is 8. The summed E-state index contributed by atoms with van der Waals surface area (Å²) in [7, 11) is 0. The van der Waals surface area contributed by atoms with Gasteiger partial charge >= 0.3 is 0 Å². The fraction of sp³-hybridized carbons (Fsp3) is 0.158. The fourth-order valence-electron chi connectivity index (χ4n) is 2.35. The Balaban J connectivity index is 1.34. The van der Waals surface area contributed by atoms with Crippen LogP contribution in [0.4, 0.5) is 5.82 Å². The number of amides is 2. The standard InChI is InChI=1S/C19H20N6O2/c26-18(14-22-19(27)15-6-2-1-3-7-15)21-11-10-20-16-8-9-17(24-23-16)25-12-4-5-13-25/h1-9,12-13H,10-11,14H2,(H,20,23)(H,21,26)(H,22,27). The quantitative estimate of drug-likeness (QED) is 0.522. The van der Waals surface area contributed by atoms with Crippen molar-refractivity contribution in [2.75, 3.05) is 25.0 Å². The van der Waals surface area contributed by atoms with Crippen molar-refractivity contribution in [3.63, 3.8) is 0 Å². The highest BCUT2D eigenvalue weighted by Crippen LogP contribution is 2.06. The summed E-state index contributed by atoms with van der Waals surface area (Å²) < 4.78 is 1.86. The fourth-order valence-corrected chi connectivity index (χ4v) is 2.35. The molecule has 1 aromatic carbocycles. The number of aromatic nitrogens is 3. The van der Waals surface area contributed by atoms with Gasteiger partial charge in [0.25, 0.3) is 5.91 Å². The van der Waals surface area contributed by atoms with Gasteiger partial charge in [-0.15, -0.1) is 10.2 Å². The lowest BCUT2D eigenvalue weighted by Crippen LogP contribution is -2.38. The molecule has 0 saturated carbocycles. The molecule has 2 amide bonds. The first kappa shape index (κ1) is 18.1. The van der Waals surface area contributed by atoms with E-state index in [1.807, 2.05) is 47.3 Å². The van der Waals surface area contributed by atoms with Crippen LogP contribution < -0.4 is 16.0 Å². The molecule has 0 bridgehead atoms. The second-order valence-electron chi connectivity index (χ2n) is 5.69. The highest BCUT2D eigenvalue weighted by molar-refractivity contribution is 5.96. The molecule has 2 aromatic heterocycles. The number of benzene rings is 1. The predicted octanol–water partition coefficient (Wildman–Crippen LogP) is 1.23. The van der Waals surface area contributed by atoms with E-state index in [4.69, 9.17) is 0 Å². The maximum Gasteiger partial charge on any atom is 0.251 e. The lowest BCUT2D eigenvalue weighted by molar-refractivity contribution is -0.120. The van der Waals surface area contributed by atoms with E-state index in [1.165, 1.54) is 0 Å². The highest BCUT2D eigenvalue weighted by atomic mass is 16.2. The van der Waals surface area contributed by atoms with Crippen LogP contribution >= 0.6 is 0 Å². The number of nitrogens with zero attached hydrogens (tertiary/aromatic N) is 3. The third kappa shape index (κ3) is 5.40. The molecule has 3 aromatic rings. The van der Waals surface area contributed by atoms with E-state index in [-0.39, 0.29) is 18.4 Å². The van der Waals surface area contributed by atoms with Gasteiger partial charge < -0.3 is 20.5 Å². The van der Waals surface area contributed by atoms with Crippen LogP contribution in [0.5, 0.6) is 0 Å². The molecule has 8 heteroatoms. The van der Waals surface area contributed by atoms with E-state index < -0.39 is 0 Å². The Hall–Kier alpha value is -3.68. The molecule has 27 heavy (non-hydrogen) atoms. The van der Waals surface area contributed by atoms with Crippen LogP contribution in [0.25, 0.3) is 5.82 Å². The van der Waals surface area contributed by atoms with E-state index in [9.17, 15) is 9.59 Å². The molecule has 138 valence electrons. The third-order valence-corrected chi connectivity index (χ3v) is 3.72. The number of carbonyl (C=O) groups excluding carboxylic acids is 2. The van der Waals surface area contributed by atoms with Gasteiger partial charge in [-0.05, 0) is 36.4 Å². The zero-order valence-electron chi connectivity index (χ0n) is 14.6. The lowest BCUT2D eigenvalue weighted by atomic mass is 10.2. The van der Waals surface area contributed by atoms with Crippen molar-refractivity contribution in [2.45, 2.75) is 0 Å². The van der Waals surface area contributed by atoms with E-state index in [1.54, 1.807) is 24.3 Å². The summed E-state index contributed by atoms with van der Waals surface area (Å²) in [6.45, 7) is 0.829. The zero-order chi connectivity index (χ0) is 18.9. The second-order valence-corrected chi connectivity index (χ2v) is 5.69. The van der Waals surface area contributed by atoms with Crippen molar-refractivity contribution < 1.29 is 9.59 Å². The molecule has 2 heterocycles. The van der Waals surface area contributed by atoms with Gasteiger partial charge in [0, 0.05) is 31.0 Å². The van der Waals surface area contributed by atoms with Crippen LogP contribution in [0.1, 0.15) is 10.4 Å². The van der Waals surface area contributed by atoms with Gasteiger partial charge in [-0.1, -0.05) is 18.2 Å². The Morgan fingerprint density at radius 1 is 0.852 bits per heavy atom. The summed E-state index contributed by atoms with van der Waals surface area (Å²) in [5, 5.41) is 16.6. The van der Waals surface area contributed by atoms with E-state index in [2.05, 4.69) is 26.1 Å². The van der Waals surface area contributed by atoms with Gasteiger partial charge in [0.15, 0.2) is 5.82 Å². The topological polar surface area (TPSA) is 101 Å². The molecule has 0 aliphatic rings. The molecular weight excluding hydrogens is 344 g/mol. The highest BCUT2D eigenvalue weighted by Gasteiger charge is 2.07. The number of hydrogen-bond donors (Lipinski definition) is 3. The minimum Gasteiger partial charge on any atom is -0.367 e. The minimum atomic E-state index is -0.276. The monoisotopic (exact) mass is 364 g/mol. The molecule has 0 spiro atoms. The van der Waals surface area contributed by atoms with Crippen molar-refractivity contribution in [1.29, 1.82) is 0 Å². The van der Waals surface area contributed by atoms with Crippen LogP contribution in [-0.2, 0) is 4.79 Å². The second kappa shape index (κ2) is 9.14. The average Bonchev–Trinajstić information content (AvgIpc) is 3.25. The Morgan fingerprint density at radius 3 is 2.33 bits per heavy atom. The van der Waals surface area contributed by atoms with Crippen molar-refractivity contribution in [2.24, 2.45) is 0 Å². The van der Waals surface area contributed by atoms with Crippen molar-refractivity contribution in [3.05, 3.63) is 72.6 Å². The summed E-state index contributed by atoms with van der Waals surface area (Å²) in [6, 6.07) is 16.3. The number of carbonyl (C=O) groups is 2. The van der Waals surface area contributed by atoms with Crippen molar-refractivity contribution in [1.82, 2.24) is 25.4 Å². The number of hydrogen-bond acceptors (Lipinski definition) is 5. The zero-order valence-corrected chi connectivity index (χ0v) is 14.6. The van der Waals surface area contributed by atoms with E-state index >= 15 is 0 Å². The molecule has 0 aliphatic heterocycles. The average molecular weight is 364 g/mol. The van der Waals surface area contributed by atoms with Gasteiger partial charge in [-0.2, -0.15) is 0 Å². The maximum absolute atomic E-state index is 11.9. The van der Waals surface area contributed by atoms with Gasteiger partial charge in [0.05, 0.1) is 6.54 Å². The molecule has 0 saturated heterocycles. The van der Waals surface area contributed by atoms with Crippen LogP contribution in [0, 0.1) is 0 Å². The molecule has 0 fully saturated rings. The molecule has 3 rings (SSSR count). The molecule has 8 nitrogen and oxygen atoms in total. The molecule has 0 atom stereocenters. The Labute approximate surface area is 156 Å².